The van der Waals surface area contributed by atoms with E-state index in [0.29, 0.717) is 12.0 Å². The summed E-state index contributed by atoms with van der Waals surface area (Å²) in [6, 6.07) is -1.17. The fourth-order valence-corrected chi connectivity index (χ4v) is 1.20. The molecule has 1 amide bonds. The summed E-state index contributed by atoms with van der Waals surface area (Å²) >= 11 is 0. The maximum Gasteiger partial charge on any atom is 0.326 e. The largest absolute Gasteiger partial charge is 0.481 e. The number of carboxylic acid groups (broad SMARTS) is 2. The Morgan fingerprint density at radius 3 is 2.29 bits per heavy atom. The van der Waals surface area contributed by atoms with Crippen LogP contribution in [0.3, 0.4) is 0 Å². The zero-order valence-corrected chi connectivity index (χ0v) is 9.90. The molecule has 0 radical (unpaired) electrons. The number of aliphatic carboxylic acids is 2. The SMILES string of the molecule is CC/C=C(/C)C(=O)N[C@@H](CCC(=O)O)C(=O)O. The number of hydrogen-bond donors (Lipinski definition) is 3. The Bertz CT molecular complexity index is 335. The van der Waals surface area contributed by atoms with Crippen LogP contribution in [-0.4, -0.2) is 34.1 Å². The molecule has 17 heavy (non-hydrogen) atoms. The first-order valence-corrected chi connectivity index (χ1v) is 5.30. The summed E-state index contributed by atoms with van der Waals surface area (Å²) in [5, 5.41) is 19.6. The summed E-state index contributed by atoms with van der Waals surface area (Å²) in [5.41, 5.74) is 0.425. The third-order valence-corrected chi connectivity index (χ3v) is 2.12. The predicted molar refractivity (Wildman–Crippen MR) is 60.5 cm³/mol. The van der Waals surface area contributed by atoms with E-state index in [1.54, 1.807) is 13.0 Å². The Labute approximate surface area is 99.3 Å². The molecule has 6 heteroatoms. The van der Waals surface area contributed by atoms with E-state index in [1.165, 1.54) is 0 Å². The zero-order chi connectivity index (χ0) is 13.4. The van der Waals surface area contributed by atoms with Crippen molar-refractivity contribution in [1.82, 2.24) is 5.32 Å². The van der Waals surface area contributed by atoms with Gasteiger partial charge in [-0.25, -0.2) is 4.79 Å². The summed E-state index contributed by atoms with van der Waals surface area (Å²) < 4.78 is 0. The molecule has 0 fully saturated rings. The summed E-state index contributed by atoms with van der Waals surface area (Å²) in [6.07, 6.45) is 1.92. The van der Waals surface area contributed by atoms with Gasteiger partial charge in [0.1, 0.15) is 6.04 Å². The highest BCUT2D eigenvalue weighted by atomic mass is 16.4. The Hall–Kier alpha value is -1.85. The number of nitrogens with one attached hydrogen (secondary N) is 1. The Morgan fingerprint density at radius 1 is 1.29 bits per heavy atom. The van der Waals surface area contributed by atoms with Crippen LogP contribution in [0.15, 0.2) is 11.6 Å². The highest BCUT2D eigenvalue weighted by molar-refractivity contribution is 5.95. The lowest BCUT2D eigenvalue weighted by molar-refractivity contribution is -0.142. The molecular weight excluding hydrogens is 226 g/mol. The first kappa shape index (κ1) is 15.2. The van der Waals surface area contributed by atoms with Crippen molar-refractivity contribution < 1.29 is 24.6 Å². The monoisotopic (exact) mass is 243 g/mol. The number of allylic oxidation sites excluding steroid dienone is 1. The van der Waals surface area contributed by atoms with Crippen molar-refractivity contribution in [1.29, 1.82) is 0 Å². The van der Waals surface area contributed by atoms with Crippen LogP contribution in [0, 0.1) is 0 Å². The average Bonchev–Trinajstić information content (AvgIpc) is 2.23. The van der Waals surface area contributed by atoms with Crippen molar-refractivity contribution >= 4 is 17.8 Å². The van der Waals surface area contributed by atoms with Gasteiger partial charge < -0.3 is 15.5 Å². The van der Waals surface area contributed by atoms with Gasteiger partial charge in [-0.1, -0.05) is 13.0 Å². The van der Waals surface area contributed by atoms with E-state index in [-0.39, 0.29) is 12.8 Å². The second-order valence-electron chi connectivity index (χ2n) is 3.59. The van der Waals surface area contributed by atoms with Gasteiger partial charge in [0, 0.05) is 12.0 Å². The molecule has 0 saturated heterocycles. The van der Waals surface area contributed by atoms with Gasteiger partial charge in [-0.15, -0.1) is 0 Å². The standard InChI is InChI=1S/C11H17NO5/c1-3-4-7(2)10(15)12-8(11(16)17)5-6-9(13)14/h4,8H,3,5-6H2,1-2H3,(H,12,15)(H,13,14)(H,16,17)/b7-4-/t8-/m0/s1. The predicted octanol–water partition coefficient (Wildman–Crippen LogP) is 0.777. The van der Waals surface area contributed by atoms with E-state index in [4.69, 9.17) is 10.2 Å². The van der Waals surface area contributed by atoms with Crippen LogP contribution in [0.4, 0.5) is 0 Å². The molecule has 0 aromatic rings. The number of carboxylic acids is 2. The fraction of sp³-hybridized carbons (Fsp3) is 0.545. The van der Waals surface area contributed by atoms with Crippen LogP contribution < -0.4 is 5.32 Å². The normalized spacial score (nSPS) is 12.9. The fourth-order valence-electron chi connectivity index (χ4n) is 1.20. The summed E-state index contributed by atoms with van der Waals surface area (Å²) in [7, 11) is 0. The Kier molecular flexibility index (Phi) is 6.62. The smallest absolute Gasteiger partial charge is 0.326 e. The first-order valence-electron chi connectivity index (χ1n) is 5.30. The quantitative estimate of drug-likeness (QED) is 0.573. The highest BCUT2D eigenvalue weighted by Gasteiger charge is 2.21. The van der Waals surface area contributed by atoms with E-state index in [0.717, 1.165) is 0 Å². The molecule has 0 spiro atoms. The summed E-state index contributed by atoms with van der Waals surface area (Å²) in [4.78, 5) is 32.6. The molecule has 0 aliphatic rings. The molecule has 0 aliphatic carbocycles. The number of rotatable bonds is 7. The van der Waals surface area contributed by atoms with Gasteiger partial charge in [0.25, 0.3) is 0 Å². The maximum atomic E-state index is 11.5. The summed E-state index contributed by atoms with van der Waals surface area (Å²) in [6.45, 7) is 3.44. The molecule has 1 atom stereocenters. The minimum atomic E-state index is -1.23. The van der Waals surface area contributed by atoms with Crippen LogP contribution in [0.1, 0.15) is 33.1 Å². The minimum Gasteiger partial charge on any atom is -0.481 e. The Morgan fingerprint density at radius 2 is 1.88 bits per heavy atom. The lowest BCUT2D eigenvalue weighted by atomic mass is 10.1. The summed E-state index contributed by atoms with van der Waals surface area (Å²) in [5.74, 6) is -2.81. The molecule has 0 aliphatic heterocycles. The van der Waals surface area contributed by atoms with E-state index < -0.39 is 23.9 Å². The molecule has 0 aromatic heterocycles. The molecule has 0 saturated carbocycles. The van der Waals surface area contributed by atoms with E-state index in [9.17, 15) is 14.4 Å². The van der Waals surface area contributed by atoms with Gasteiger partial charge in [-0.3, -0.25) is 9.59 Å². The number of hydrogen-bond acceptors (Lipinski definition) is 3. The highest BCUT2D eigenvalue weighted by Crippen LogP contribution is 2.01. The number of carbonyl (C=O) groups excluding carboxylic acids is 1. The number of amides is 1. The first-order chi connectivity index (χ1) is 7.88. The van der Waals surface area contributed by atoms with E-state index >= 15 is 0 Å². The van der Waals surface area contributed by atoms with Gasteiger partial charge in [-0.05, 0) is 19.8 Å². The van der Waals surface area contributed by atoms with Gasteiger partial charge in [0.2, 0.25) is 5.91 Å². The van der Waals surface area contributed by atoms with Gasteiger partial charge >= 0.3 is 11.9 Å². The van der Waals surface area contributed by atoms with Gasteiger partial charge in [0.05, 0.1) is 0 Å². The molecule has 0 aromatic carbocycles. The van der Waals surface area contributed by atoms with E-state index in [1.807, 2.05) is 6.92 Å². The third-order valence-electron chi connectivity index (χ3n) is 2.12. The van der Waals surface area contributed by atoms with Crippen LogP contribution in [-0.2, 0) is 14.4 Å². The molecule has 3 N–H and O–H groups in total. The van der Waals surface area contributed by atoms with Crippen LogP contribution in [0.2, 0.25) is 0 Å². The molecule has 0 unspecified atom stereocenters. The van der Waals surface area contributed by atoms with Gasteiger partial charge in [0.15, 0.2) is 0 Å². The zero-order valence-electron chi connectivity index (χ0n) is 9.90. The topological polar surface area (TPSA) is 104 Å². The molecule has 0 bridgehead atoms. The van der Waals surface area contributed by atoms with Crippen LogP contribution in [0.25, 0.3) is 0 Å². The Balaban J connectivity index is 4.45. The third kappa shape index (κ3) is 6.34. The maximum absolute atomic E-state index is 11.5. The van der Waals surface area contributed by atoms with Crippen LogP contribution in [0.5, 0.6) is 0 Å². The van der Waals surface area contributed by atoms with Crippen molar-refractivity contribution in [3.63, 3.8) is 0 Å². The molecular formula is C11H17NO5. The molecule has 96 valence electrons. The minimum absolute atomic E-state index is 0.129. The molecule has 0 rings (SSSR count). The van der Waals surface area contributed by atoms with Crippen molar-refractivity contribution in [3.8, 4) is 0 Å². The average molecular weight is 243 g/mol. The van der Waals surface area contributed by atoms with Crippen LogP contribution >= 0.6 is 0 Å². The van der Waals surface area contributed by atoms with Crippen molar-refractivity contribution in [2.75, 3.05) is 0 Å². The van der Waals surface area contributed by atoms with Gasteiger partial charge in [-0.2, -0.15) is 0 Å². The number of carbonyl (C=O) groups is 3. The van der Waals surface area contributed by atoms with E-state index in [2.05, 4.69) is 5.32 Å². The molecule has 0 heterocycles. The molecule has 6 nitrogen and oxygen atoms in total. The lowest BCUT2D eigenvalue weighted by Gasteiger charge is -2.13. The second-order valence-corrected chi connectivity index (χ2v) is 3.59. The second kappa shape index (κ2) is 7.43. The van der Waals surface area contributed by atoms with Crippen molar-refractivity contribution in [2.24, 2.45) is 0 Å². The van der Waals surface area contributed by atoms with Crippen molar-refractivity contribution in [3.05, 3.63) is 11.6 Å². The lowest BCUT2D eigenvalue weighted by Crippen LogP contribution is -2.41. The van der Waals surface area contributed by atoms with Crippen molar-refractivity contribution in [2.45, 2.75) is 39.2 Å².